The molecule has 0 spiro atoms. The van der Waals surface area contributed by atoms with E-state index in [-0.39, 0.29) is 30.7 Å². The van der Waals surface area contributed by atoms with Crippen LogP contribution in [0.25, 0.3) is 0 Å². The van der Waals surface area contributed by atoms with Crippen molar-refractivity contribution >= 4 is 11.8 Å². The maximum Gasteiger partial charge on any atom is 0.253 e. The number of aromatic nitrogens is 2. The molecule has 7 nitrogen and oxygen atoms in total. The SMILES string of the molecule is CCC=CCC=CCC=CCC=CCC=CCCCC(=O)NCc1cc(CNC(=O)c2cccnc2)c(O)c(C)n1. The van der Waals surface area contributed by atoms with Crippen molar-refractivity contribution in [3.63, 3.8) is 0 Å². The first-order valence-corrected chi connectivity index (χ1v) is 14.4. The summed E-state index contributed by atoms with van der Waals surface area (Å²) in [6, 6.07) is 5.05. The van der Waals surface area contributed by atoms with E-state index in [1.165, 1.54) is 6.20 Å². The van der Waals surface area contributed by atoms with Gasteiger partial charge in [0.25, 0.3) is 5.91 Å². The van der Waals surface area contributed by atoms with E-state index in [1.54, 1.807) is 31.3 Å². The molecule has 218 valence electrons. The molecule has 2 aromatic heterocycles. The van der Waals surface area contributed by atoms with Crippen molar-refractivity contribution < 1.29 is 14.7 Å². The zero-order valence-corrected chi connectivity index (χ0v) is 24.4. The lowest BCUT2D eigenvalue weighted by atomic mass is 10.1. The van der Waals surface area contributed by atoms with Gasteiger partial charge in [-0.05, 0) is 70.1 Å². The van der Waals surface area contributed by atoms with Gasteiger partial charge in [-0.15, -0.1) is 0 Å². The number of allylic oxidation sites excluding steroid dienone is 10. The monoisotopic (exact) mass is 556 g/mol. The van der Waals surface area contributed by atoms with Gasteiger partial charge >= 0.3 is 0 Å². The lowest BCUT2D eigenvalue weighted by Gasteiger charge is -2.12. The Morgan fingerprint density at radius 1 is 0.878 bits per heavy atom. The summed E-state index contributed by atoms with van der Waals surface area (Å²) in [5.41, 5.74) is 2.05. The zero-order valence-electron chi connectivity index (χ0n) is 24.4. The van der Waals surface area contributed by atoms with Crippen LogP contribution in [0.5, 0.6) is 5.75 Å². The third kappa shape index (κ3) is 14.6. The molecule has 0 saturated heterocycles. The van der Waals surface area contributed by atoms with Gasteiger partial charge in [0.2, 0.25) is 5.91 Å². The van der Waals surface area contributed by atoms with Gasteiger partial charge in [0, 0.05) is 30.9 Å². The highest BCUT2D eigenvalue weighted by atomic mass is 16.3. The number of carbonyl (C=O) groups excluding carboxylic acids is 2. The Labute approximate surface area is 244 Å². The van der Waals surface area contributed by atoms with Gasteiger partial charge in [0.1, 0.15) is 5.75 Å². The highest BCUT2D eigenvalue weighted by Crippen LogP contribution is 2.21. The molecule has 0 saturated carbocycles. The molecule has 41 heavy (non-hydrogen) atoms. The summed E-state index contributed by atoms with van der Waals surface area (Å²) in [4.78, 5) is 32.9. The van der Waals surface area contributed by atoms with Crippen LogP contribution in [-0.4, -0.2) is 26.9 Å². The number of hydrogen-bond acceptors (Lipinski definition) is 5. The van der Waals surface area contributed by atoms with E-state index in [2.05, 4.69) is 88.3 Å². The van der Waals surface area contributed by atoms with Crippen LogP contribution in [0, 0.1) is 6.92 Å². The zero-order chi connectivity index (χ0) is 29.5. The van der Waals surface area contributed by atoms with Crippen LogP contribution in [0.3, 0.4) is 0 Å². The summed E-state index contributed by atoms with van der Waals surface area (Å²) in [5.74, 6) is -0.297. The molecule has 7 heteroatoms. The molecule has 0 bridgehead atoms. The van der Waals surface area contributed by atoms with Crippen LogP contribution in [0.15, 0.2) is 91.4 Å². The summed E-state index contributed by atoms with van der Waals surface area (Å²) >= 11 is 0. The van der Waals surface area contributed by atoms with Crippen LogP contribution in [0.1, 0.15) is 85.6 Å². The molecule has 0 fully saturated rings. The largest absolute Gasteiger partial charge is 0.506 e. The minimum absolute atomic E-state index is 0.0311. The minimum atomic E-state index is -0.283. The normalized spacial score (nSPS) is 12.0. The molecule has 0 atom stereocenters. The van der Waals surface area contributed by atoms with Gasteiger partial charge in [-0.3, -0.25) is 19.6 Å². The summed E-state index contributed by atoms with van der Waals surface area (Å²) in [5, 5.41) is 16.0. The average molecular weight is 557 g/mol. The molecule has 0 unspecified atom stereocenters. The molecule has 2 amide bonds. The van der Waals surface area contributed by atoms with Crippen LogP contribution < -0.4 is 10.6 Å². The molecule has 2 heterocycles. The Bertz CT molecular complexity index is 1210. The number of rotatable bonds is 18. The van der Waals surface area contributed by atoms with Crippen molar-refractivity contribution in [3.8, 4) is 5.75 Å². The molecule has 2 rings (SSSR count). The standard InChI is InChI=1S/C34H44N4O3/c1-3-4-5-6-7-8-9-10-11-12-13-14-15-16-17-18-19-22-32(39)36-27-31-24-30(33(40)28(2)38-31)26-37-34(41)29-21-20-23-35-25-29/h4-5,7-8,10-11,13-14,16-17,20-21,23-25,40H,3,6,9,12,15,18-19,22,26-27H2,1-2H3,(H,36,39)(H,37,41). The minimum Gasteiger partial charge on any atom is -0.506 e. The van der Waals surface area contributed by atoms with E-state index in [1.807, 2.05) is 0 Å². The van der Waals surface area contributed by atoms with Gasteiger partial charge < -0.3 is 15.7 Å². The third-order valence-corrected chi connectivity index (χ3v) is 6.06. The lowest BCUT2D eigenvalue weighted by molar-refractivity contribution is -0.121. The fourth-order valence-corrected chi connectivity index (χ4v) is 3.83. The van der Waals surface area contributed by atoms with Crippen LogP contribution >= 0.6 is 0 Å². The van der Waals surface area contributed by atoms with E-state index in [4.69, 9.17) is 0 Å². The Morgan fingerprint density at radius 3 is 2.12 bits per heavy atom. The second-order valence-corrected chi connectivity index (χ2v) is 9.51. The molecule has 0 radical (unpaired) electrons. The Kier molecular flexibility index (Phi) is 16.6. The predicted molar refractivity (Wildman–Crippen MR) is 166 cm³/mol. The van der Waals surface area contributed by atoms with Gasteiger partial charge in [-0.25, -0.2) is 0 Å². The van der Waals surface area contributed by atoms with Crippen LogP contribution in [0.2, 0.25) is 0 Å². The smallest absolute Gasteiger partial charge is 0.253 e. The number of pyridine rings is 2. The molecule has 0 aliphatic rings. The maximum atomic E-state index is 12.3. The Balaban J connectivity index is 1.61. The first-order valence-electron chi connectivity index (χ1n) is 14.4. The topological polar surface area (TPSA) is 104 Å². The van der Waals surface area contributed by atoms with Crippen molar-refractivity contribution in [2.75, 3.05) is 0 Å². The van der Waals surface area contributed by atoms with Gasteiger partial charge in [0.05, 0.1) is 23.5 Å². The fourth-order valence-electron chi connectivity index (χ4n) is 3.83. The molecule has 0 aliphatic heterocycles. The lowest BCUT2D eigenvalue weighted by Crippen LogP contribution is -2.24. The van der Waals surface area contributed by atoms with E-state index in [0.29, 0.717) is 28.9 Å². The fraction of sp³-hybridized carbons (Fsp3) is 0.353. The highest BCUT2D eigenvalue weighted by molar-refractivity contribution is 5.93. The van der Waals surface area contributed by atoms with Crippen LogP contribution in [0.4, 0.5) is 0 Å². The number of aromatic hydroxyl groups is 1. The van der Waals surface area contributed by atoms with E-state index in [0.717, 1.165) is 44.9 Å². The van der Waals surface area contributed by atoms with E-state index in [9.17, 15) is 14.7 Å². The Morgan fingerprint density at radius 2 is 1.51 bits per heavy atom. The summed E-state index contributed by atoms with van der Waals surface area (Å²) < 4.78 is 0. The number of carbonyl (C=O) groups is 2. The first kappa shape index (κ1) is 32.9. The predicted octanol–water partition coefficient (Wildman–Crippen LogP) is 6.96. The number of amides is 2. The summed E-state index contributed by atoms with van der Waals surface area (Å²) in [7, 11) is 0. The average Bonchev–Trinajstić information content (AvgIpc) is 2.98. The molecule has 0 aliphatic carbocycles. The third-order valence-electron chi connectivity index (χ3n) is 6.06. The number of unbranched alkanes of at least 4 members (excludes halogenated alkanes) is 1. The van der Waals surface area contributed by atoms with Crippen molar-refractivity contribution in [3.05, 3.63) is 114 Å². The van der Waals surface area contributed by atoms with E-state index < -0.39 is 0 Å². The van der Waals surface area contributed by atoms with E-state index >= 15 is 0 Å². The summed E-state index contributed by atoms with van der Waals surface area (Å²) in [6.45, 7) is 4.23. The second kappa shape index (κ2) is 20.6. The molecule has 2 aromatic rings. The molecular weight excluding hydrogens is 512 g/mol. The second-order valence-electron chi connectivity index (χ2n) is 9.51. The number of aryl methyl sites for hydroxylation is 1. The number of hydrogen-bond donors (Lipinski definition) is 3. The quantitative estimate of drug-likeness (QED) is 0.136. The number of nitrogens with one attached hydrogen (secondary N) is 2. The number of nitrogens with zero attached hydrogens (tertiary/aromatic N) is 2. The van der Waals surface area contributed by atoms with Crippen molar-refractivity contribution in [1.29, 1.82) is 0 Å². The molecule has 0 aromatic carbocycles. The summed E-state index contributed by atoms with van der Waals surface area (Å²) in [6.07, 6.45) is 31.7. The van der Waals surface area contributed by atoms with Crippen molar-refractivity contribution in [1.82, 2.24) is 20.6 Å². The highest BCUT2D eigenvalue weighted by Gasteiger charge is 2.12. The molecular formula is C34H44N4O3. The first-order chi connectivity index (χ1) is 20.0. The van der Waals surface area contributed by atoms with Crippen molar-refractivity contribution in [2.45, 2.75) is 78.3 Å². The van der Waals surface area contributed by atoms with Crippen molar-refractivity contribution in [2.24, 2.45) is 0 Å². The van der Waals surface area contributed by atoms with Gasteiger partial charge in [-0.2, -0.15) is 0 Å². The van der Waals surface area contributed by atoms with Gasteiger partial charge in [-0.1, -0.05) is 67.7 Å². The van der Waals surface area contributed by atoms with Crippen LogP contribution in [-0.2, 0) is 17.9 Å². The molecule has 3 N–H and O–H groups in total. The van der Waals surface area contributed by atoms with Gasteiger partial charge in [0.15, 0.2) is 0 Å². The Hall–Kier alpha value is -4.26. The maximum absolute atomic E-state index is 12.3.